The summed E-state index contributed by atoms with van der Waals surface area (Å²) in [6, 6.07) is 7.33. The number of nitrogens with one attached hydrogen (secondary N) is 1. The number of rotatable bonds is 7. The maximum absolute atomic E-state index is 13.4. The van der Waals surface area contributed by atoms with Crippen LogP contribution in [0, 0.1) is 18.8 Å². The third-order valence-electron chi connectivity index (χ3n) is 6.48. The molecule has 1 aromatic carbocycles. The predicted molar refractivity (Wildman–Crippen MR) is 132 cm³/mol. The first kappa shape index (κ1) is 22.9. The highest BCUT2D eigenvalue weighted by Gasteiger charge is 2.25. The molecule has 3 aromatic rings. The van der Waals surface area contributed by atoms with Gasteiger partial charge in [-0.05, 0) is 50.6 Å². The average molecular weight is 455 g/mol. The van der Waals surface area contributed by atoms with Gasteiger partial charge in [-0.2, -0.15) is 5.10 Å². The average Bonchev–Trinajstić information content (AvgIpc) is 3.15. The van der Waals surface area contributed by atoms with Crippen molar-refractivity contribution >= 4 is 37.4 Å². The third-order valence-corrected chi connectivity index (χ3v) is 7.76. The molecule has 0 bridgehead atoms. The number of thiophene rings is 1. The first-order valence-electron chi connectivity index (χ1n) is 11.8. The highest BCUT2D eigenvalue weighted by Crippen LogP contribution is 2.33. The van der Waals surface area contributed by atoms with Crippen LogP contribution in [0.1, 0.15) is 51.8 Å². The first-order valence-corrected chi connectivity index (χ1v) is 12.6. The van der Waals surface area contributed by atoms with Crippen LogP contribution >= 0.6 is 11.3 Å². The maximum Gasteiger partial charge on any atom is 0.276 e. The molecule has 3 atom stereocenters. The summed E-state index contributed by atoms with van der Waals surface area (Å²) in [6.45, 7) is 12.4. The fourth-order valence-electron chi connectivity index (χ4n) is 5.17. The Morgan fingerprint density at radius 2 is 1.97 bits per heavy atom. The molecule has 32 heavy (non-hydrogen) atoms. The lowest BCUT2D eigenvalue weighted by molar-refractivity contribution is -0.124. The van der Waals surface area contributed by atoms with Crippen LogP contribution in [0.4, 0.5) is 0 Å². The molecule has 0 saturated carbocycles. The smallest absolute Gasteiger partial charge is 0.276 e. The Kier molecular flexibility index (Phi) is 6.96. The van der Waals surface area contributed by atoms with E-state index in [0.29, 0.717) is 18.4 Å². The van der Waals surface area contributed by atoms with Crippen molar-refractivity contribution in [2.24, 2.45) is 11.8 Å². The van der Waals surface area contributed by atoms with Crippen LogP contribution in [0.2, 0.25) is 0 Å². The Balaban J connectivity index is 1.47. The molecule has 2 aromatic heterocycles. The molecule has 1 aliphatic heterocycles. The summed E-state index contributed by atoms with van der Waals surface area (Å²) in [7, 11) is 0. The van der Waals surface area contributed by atoms with Gasteiger partial charge in [0.2, 0.25) is 5.91 Å². The quantitative estimate of drug-likeness (QED) is 0.539. The molecule has 1 saturated heterocycles. The number of fused-ring (bicyclic) bond motifs is 3. The molecule has 0 radical (unpaired) electrons. The van der Waals surface area contributed by atoms with Gasteiger partial charge in [-0.25, -0.2) is 4.68 Å². The van der Waals surface area contributed by atoms with Crippen molar-refractivity contribution in [3.8, 4) is 0 Å². The van der Waals surface area contributed by atoms with Gasteiger partial charge in [-0.15, -0.1) is 11.3 Å². The van der Waals surface area contributed by atoms with E-state index in [4.69, 9.17) is 0 Å². The number of aromatic nitrogens is 2. The number of likely N-dealkylation sites (tertiary alicyclic amines) is 1. The van der Waals surface area contributed by atoms with Gasteiger partial charge in [-0.1, -0.05) is 39.0 Å². The van der Waals surface area contributed by atoms with Crippen LogP contribution in [0.15, 0.2) is 29.1 Å². The lowest BCUT2D eigenvalue weighted by atomic mass is 9.92. The monoisotopic (exact) mass is 454 g/mol. The van der Waals surface area contributed by atoms with Crippen LogP contribution in [-0.4, -0.2) is 46.8 Å². The van der Waals surface area contributed by atoms with E-state index in [0.717, 1.165) is 58.4 Å². The van der Waals surface area contributed by atoms with E-state index in [2.05, 4.69) is 29.2 Å². The fraction of sp³-hybridized carbons (Fsp3) is 0.560. The van der Waals surface area contributed by atoms with E-state index < -0.39 is 6.04 Å². The summed E-state index contributed by atoms with van der Waals surface area (Å²) in [5.74, 6) is 1.35. The highest BCUT2D eigenvalue weighted by molar-refractivity contribution is 7.26. The minimum absolute atomic E-state index is 0.124. The van der Waals surface area contributed by atoms with E-state index in [1.54, 1.807) is 11.3 Å². The number of carbonyl (C=O) groups is 1. The lowest BCUT2D eigenvalue weighted by Gasteiger charge is -2.35. The molecule has 1 aliphatic rings. The minimum Gasteiger partial charge on any atom is -0.354 e. The normalized spacial score (nSPS) is 20.6. The Labute approximate surface area is 193 Å². The molecule has 1 fully saturated rings. The SMILES string of the molecule is CC[C@H](C(=O)NCCCN1C[C@H](C)C[C@@H](C)C1)n1nc(C)c2sc3ccccc3c2c1=O. The summed E-state index contributed by atoms with van der Waals surface area (Å²) in [5.41, 5.74) is 0.613. The molecule has 7 heteroatoms. The second kappa shape index (κ2) is 9.71. The molecular weight excluding hydrogens is 420 g/mol. The number of benzene rings is 1. The maximum atomic E-state index is 13.4. The largest absolute Gasteiger partial charge is 0.354 e. The van der Waals surface area contributed by atoms with Crippen molar-refractivity contribution in [2.75, 3.05) is 26.2 Å². The summed E-state index contributed by atoms with van der Waals surface area (Å²) in [5, 5.41) is 9.23. The first-order chi connectivity index (χ1) is 15.4. The number of hydrogen-bond donors (Lipinski definition) is 1. The zero-order valence-electron chi connectivity index (χ0n) is 19.6. The van der Waals surface area contributed by atoms with E-state index in [9.17, 15) is 9.59 Å². The van der Waals surface area contributed by atoms with Crippen LogP contribution in [0.5, 0.6) is 0 Å². The van der Waals surface area contributed by atoms with Gasteiger partial charge < -0.3 is 10.2 Å². The van der Waals surface area contributed by atoms with Gasteiger partial charge in [0.1, 0.15) is 6.04 Å². The number of hydrogen-bond acceptors (Lipinski definition) is 5. The second-order valence-electron chi connectivity index (χ2n) is 9.41. The van der Waals surface area contributed by atoms with Crippen molar-refractivity contribution in [1.29, 1.82) is 0 Å². The fourth-order valence-corrected chi connectivity index (χ4v) is 6.30. The number of amides is 1. The number of carbonyl (C=O) groups excluding carboxylic acids is 1. The molecule has 0 spiro atoms. The van der Waals surface area contributed by atoms with Crippen LogP contribution in [-0.2, 0) is 4.79 Å². The van der Waals surface area contributed by atoms with Gasteiger partial charge in [0, 0.05) is 29.7 Å². The zero-order chi connectivity index (χ0) is 22.8. The lowest BCUT2D eigenvalue weighted by Crippen LogP contribution is -2.41. The molecule has 172 valence electrons. The summed E-state index contributed by atoms with van der Waals surface area (Å²) >= 11 is 1.59. The Hall–Kier alpha value is -2.25. The molecule has 1 amide bonds. The van der Waals surface area contributed by atoms with E-state index in [-0.39, 0.29) is 11.5 Å². The zero-order valence-corrected chi connectivity index (χ0v) is 20.4. The Morgan fingerprint density at radius 1 is 1.25 bits per heavy atom. The minimum atomic E-state index is -0.598. The molecule has 6 nitrogen and oxygen atoms in total. The second-order valence-corrected chi connectivity index (χ2v) is 10.5. The standard InChI is InChI=1S/C25H34N4O2S/c1-5-20(24(30)26-11-8-12-28-14-16(2)13-17(3)15-28)29-25(31)22-19-9-6-7-10-21(19)32-23(22)18(4)27-29/h6-7,9-10,16-17,20H,5,8,11-15H2,1-4H3,(H,26,30)/t16-,17-,20-/m1/s1. The van der Waals surface area contributed by atoms with Crippen LogP contribution in [0.3, 0.4) is 0 Å². The van der Waals surface area contributed by atoms with Gasteiger partial charge >= 0.3 is 0 Å². The van der Waals surface area contributed by atoms with Gasteiger partial charge in [0.25, 0.3) is 5.56 Å². The van der Waals surface area contributed by atoms with Gasteiger partial charge in [0.05, 0.1) is 15.8 Å². The molecule has 3 heterocycles. The summed E-state index contributed by atoms with van der Waals surface area (Å²) < 4.78 is 3.38. The number of aryl methyl sites for hydroxylation is 1. The summed E-state index contributed by atoms with van der Waals surface area (Å²) in [6.07, 6.45) is 2.74. The predicted octanol–water partition coefficient (Wildman–Crippen LogP) is 4.35. The van der Waals surface area contributed by atoms with Gasteiger partial charge in [-0.3, -0.25) is 9.59 Å². The molecule has 4 rings (SSSR count). The van der Waals surface area contributed by atoms with E-state index in [1.807, 2.05) is 38.1 Å². The van der Waals surface area contributed by atoms with Crippen molar-refractivity contribution in [2.45, 2.75) is 53.0 Å². The van der Waals surface area contributed by atoms with Crippen molar-refractivity contribution in [3.05, 3.63) is 40.3 Å². The van der Waals surface area contributed by atoms with Crippen LogP contribution in [0.25, 0.3) is 20.2 Å². The number of piperidine rings is 1. The Morgan fingerprint density at radius 3 is 2.69 bits per heavy atom. The van der Waals surface area contributed by atoms with Crippen molar-refractivity contribution in [1.82, 2.24) is 20.0 Å². The van der Waals surface area contributed by atoms with Crippen molar-refractivity contribution < 1.29 is 4.79 Å². The highest BCUT2D eigenvalue weighted by atomic mass is 32.1. The van der Waals surface area contributed by atoms with Crippen molar-refractivity contribution in [3.63, 3.8) is 0 Å². The molecule has 0 unspecified atom stereocenters. The van der Waals surface area contributed by atoms with Gasteiger partial charge in [0.15, 0.2) is 0 Å². The number of nitrogens with zero attached hydrogens (tertiary/aromatic N) is 3. The molecular formula is C25H34N4O2S. The molecule has 0 aliphatic carbocycles. The van der Waals surface area contributed by atoms with E-state index in [1.165, 1.54) is 11.1 Å². The third kappa shape index (κ3) is 4.59. The Bertz CT molecular complexity index is 1160. The summed E-state index contributed by atoms with van der Waals surface area (Å²) in [4.78, 5) is 28.9. The topological polar surface area (TPSA) is 67.2 Å². The van der Waals surface area contributed by atoms with E-state index >= 15 is 0 Å². The molecule has 1 N–H and O–H groups in total. The van der Waals surface area contributed by atoms with Crippen LogP contribution < -0.4 is 10.9 Å².